The number of amides is 2. The van der Waals surface area contributed by atoms with Gasteiger partial charge in [0.25, 0.3) is 18.7 Å². The molecule has 13 nitrogen and oxygen atoms in total. The van der Waals surface area contributed by atoms with Crippen LogP contribution in [0.25, 0.3) is 0 Å². The van der Waals surface area contributed by atoms with Crippen molar-refractivity contribution in [3.8, 4) is 0 Å². The maximum Gasteiger partial charge on any atom is 0.352 e. The number of thioether (sulfide) groups is 1. The van der Waals surface area contributed by atoms with Crippen molar-refractivity contribution >= 4 is 51.9 Å². The molecule has 2 aliphatic heterocycles. The summed E-state index contributed by atoms with van der Waals surface area (Å²) in [6, 6.07) is -1.02. The van der Waals surface area contributed by atoms with Gasteiger partial charge in [0, 0.05) is 23.8 Å². The van der Waals surface area contributed by atoms with Gasteiger partial charge in [-0.1, -0.05) is 11.2 Å². The fourth-order valence-corrected chi connectivity index (χ4v) is 5.38. The monoisotopic (exact) mass is 557 g/mol. The number of quaternary nitrogens is 1. The number of alkyl halides is 1. The maximum absolute atomic E-state index is 12.9. The smallest absolute Gasteiger partial charge is 0.352 e. The van der Waals surface area contributed by atoms with E-state index >= 15 is 0 Å². The van der Waals surface area contributed by atoms with Gasteiger partial charge in [-0.3, -0.25) is 14.5 Å². The number of nitrogens with one attached hydrogen (secondary N) is 1. The molecule has 0 saturated carbocycles. The minimum absolute atomic E-state index is 0.0567. The van der Waals surface area contributed by atoms with Crippen LogP contribution in [0.4, 0.5) is 9.52 Å². The van der Waals surface area contributed by atoms with Crippen molar-refractivity contribution in [2.45, 2.75) is 11.4 Å². The van der Waals surface area contributed by atoms with Gasteiger partial charge in [-0.2, -0.15) is 9.36 Å². The molecule has 202 valence electrons. The molecule has 37 heavy (non-hydrogen) atoms. The number of carboxylic acid groups (broad SMARTS) is 1. The molecule has 0 spiro atoms. The third kappa shape index (κ3) is 6.82. The fourth-order valence-electron chi connectivity index (χ4n) is 3.63. The molecule has 0 radical (unpaired) electrons. The number of hydrogen-bond donors (Lipinski definition) is 3. The van der Waals surface area contributed by atoms with Crippen molar-refractivity contribution in [3.63, 3.8) is 0 Å². The van der Waals surface area contributed by atoms with Gasteiger partial charge in [0.1, 0.15) is 17.1 Å². The molecule has 1 aromatic heterocycles. The molecule has 2 aliphatic rings. The Hall–Kier alpha value is -3.08. The molecule has 4 N–H and O–H groups in total. The Morgan fingerprint density at radius 2 is 2.16 bits per heavy atom. The molecule has 1 aromatic rings. The van der Waals surface area contributed by atoms with Crippen LogP contribution in [0.3, 0.4) is 0 Å². The lowest BCUT2D eigenvalue weighted by molar-refractivity contribution is -0.883. The Morgan fingerprint density at radius 3 is 2.76 bits per heavy atom. The number of nitrogens with two attached hydrogens (primary N) is 1. The van der Waals surface area contributed by atoms with Crippen molar-refractivity contribution in [2.75, 3.05) is 66.2 Å². The number of anilines is 1. The summed E-state index contributed by atoms with van der Waals surface area (Å²) in [6.07, 6.45) is 3.66. The van der Waals surface area contributed by atoms with E-state index in [4.69, 9.17) is 5.73 Å². The van der Waals surface area contributed by atoms with Crippen molar-refractivity contribution in [3.05, 3.63) is 29.2 Å². The van der Waals surface area contributed by atoms with E-state index in [0.717, 1.165) is 24.6 Å². The van der Waals surface area contributed by atoms with E-state index in [1.165, 1.54) is 16.7 Å². The zero-order valence-corrected chi connectivity index (χ0v) is 22.5. The van der Waals surface area contributed by atoms with Gasteiger partial charge in [-0.15, -0.1) is 11.8 Å². The first kappa shape index (κ1) is 28.5. The van der Waals surface area contributed by atoms with Crippen LogP contribution in [0.1, 0.15) is 5.82 Å². The molecule has 16 heteroatoms. The van der Waals surface area contributed by atoms with Crippen LogP contribution in [0.15, 0.2) is 28.6 Å². The minimum atomic E-state index is -1.29. The quantitative estimate of drug-likeness (QED) is 0.135. The Morgan fingerprint density at radius 1 is 1.43 bits per heavy atom. The second kappa shape index (κ2) is 12.0. The summed E-state index contributed by atoms with van der Waals surface area (Å²) in [5.74, 6) is -2.55. The number of aliphatic carboxylic acids is 1. The number of hydrogen-bond acceptors (Lipinski definition) is 11. The lowest BCUT2D eigenvalue weighted by Crippen LogP contribution is -2.71. The molecule has 2 amide bonds. The largest absolute Gasteiger partial charge is 0.477 e. The molecule has 0 aromatic carbocycles. The molecule has 0 bridgehead atoms. The molecule has 2 atom stereocenters. The number of rotatable bonds is 12. The second-order valence-corrected chi connectivity index (χ2v) is 11.1. The van der Waals surface area contributed by atoms with Gasteiger partial charge in [-0.05, 0) is 25.7 Å². The highest BCUT2D eigenvalue weighted by Gasteiger charge is 2.54. The molecule has 0 aliphatic carbocycles. The number of carbonyl (C=O) groups is 3. The molecular formula is C21H30FN8O5S2+. The highest BCUT2D eigenvalue weighted by atomic mass is 32.2. The van der Waals surface area contributed by atoms with Crippen molar-refractivity contribution < 1.29 is 33.2 Å². The van der Waals surface area contributed by atoms with E-state index in [1.807, 2.05) is 20.2 Å². The number of allylic oxidation sites excluding steroid dienone is 1. The molecule has 0 unspecified atom stereocenters. The minimum Gasteiger partial charge on any atom is -0.477 e. The van der Waals surface area contributed by atoms with Crippen molar-refractivity contribution in [1.82, 2.24) is 24.5 Å². The van der Waals surface area contributed by atoms with Crippen LogP contribution < -0.4 is 11.1 Å². The number of fused-ring (bicyclic) bond motifs is 1. The lowest BCUT2D eigenvalue weighted by Gasteiger charge is -2.49. The number of halogens is 1. The molecular weight excluding hydrogens is 527 g/mol. The van der Waals surface area contributed by atoms with Crippen LogP contribution in [0.2, 0.25) is 0 Å². The van der Waals surface area contributed by atoms with Gasteiger partial charge in [0.2, 0.25) is 11.5 Å². The molecule has 3 heterocycles. The Balaban J connectivity index is 1.73. The summed E-state index contributed by atoms with van der Waals surface area (Å²) < 4.78 is 17.1. The molecule has 1 saturated heterocycles. The Kier molecular flexibility index (Phi) is 9.22. The van der Waals surface area contributed by atoms with Crippen molar-refractivity contribution in [1.29, 1.82) is 0 Å². The van der Waals surface area contributed by atoms with Gasteiger partial charge in [-0.25, -0.2) is 9.18 Å². The average Bonchev–Trinajstić information content (AvgIpc) is 3.26. The van der Waals surface area contributed by atoms with Crippen LogP contribution in [0.5, 0.6) is 0 Å². The fraction of sp³-hybridized carbons (Fsp3) is 0.524. The van der Waals surface area contributed by atoms with Crippen LogP contribution >= 0.6 is 23.3 Å². The number of aromatic nitrogens is 2. The normalized spacial score (nSPS) is 20.3. The van der Waals surface area contributed by atoms with E-state index in [-0.39, 0.29) is 16.7 Å². The summed E-state index contributed by atoms with van der Waals surface area (Å²) in [5, 5.41) is 15.2. The van der Waals surface area contributed by atoms with Gasteiger partial charge >= 0.3 is 5.97 Å². The van der Waals surface area contributed by atoms with Crippen LogP contribution in [-0.2, 0) is 19.2 Å². The third-order valence-electron chi connectivity index (χ3n) is 5.63. The van der Waals surface area contributed by atoms with Crippen molar-refractivity contribution in [2.24, 2.45) is 5.16 Å². The summed E-state index contributed by atoms with van der Waals surface area (Å²) in [5.41, 5.74) is 5.49. The van der Waals surface area contributed by atoms with Crippen LogP contribution in [0, 0.1) is 0 Å². The Labute approximate surface area is 221 Å². The zero-order chi connectivity index (χ0) is 27.3. The van der Waals surface area contributed by atoms with E-state index in [0.29, 0.717) is 22.4 Å². The van der Waals surface area contributed by atoms with Gasteiger partial charge in [0.05, 0.1) is 27.2 Å². The summed E-state index contributed by atoms with van der Waals surface area (Å²) in [4.78, 5) is 49.3. The van der Waals surface area contributed by atoms with E-state index in [9.17, 15) is 23.9 Å². The first-order valence-corrected chi connectivity index (χ1v) is 13.0. The predicted molar refractivity (Wildman–Crippen MR) is 137 cm³/mol. The summed E-state index contributed by atoms with van der Waals surface area (Å²) in [7, 11) is 8.19. The first-order valence-electron chi connectivity index (χ1n) is 11.2. The topological polar surface area (TPSA) is 163 Å². The number of carboxylic acids is 1. The molecule has 3 rings (SSSR count). The maximum atomic E-state index is 12.9. The first-order chi connectivity index (χ1) is 17.4. The average molecular weight is 558 g/mol. The number of nitrogen functional groups attached to an aromatic ring is 1. The van der Waals surface area contributed by atoms with Crippen LogP contribution in [-0.4, -0.2) is 124 Å². The highest BCUT2D eigenvalue weighted by molar-refractivity contribution is 8.00. The van der Waals surface area contributed by atoms with E-state index in [1.54, 1.807) is 6.08 Å². The predicted octanol–water partition coefficient (Wildman–Crippen LogP) is -0.299. The van der Waals surface area contributed by atoms with Gasteiger partial charge in [0.15, 0.2) is 5.13 Å². The third-order valence-corrected chi connectivity index (χ3v) is 7.48. The zero-order valence-electron chi connectivity index (χ0n) is 20.9. The Bertz CT molecular complexity index is 1140. The summed E-state index contributed by atoms with van der Waals surface area (Å²) >= 11 is 2.13. The van der Waals surface area contributed by atoms with E-state index in [2.05, 4.69) is 43.7 Å². The highest BCUT2D eigenvalue weighted by Crippen LogP contribution is 2.40. The van der Waals surface area contributed by atoms with E-state index < -0.39 is 41.8 Å². The number of carbonyl (C=O) groups excluding carboxylic acids is 2. The standard InChI is InChI=1S/C21H29FN8O5S2/c1-28(2)7-9-30(3,4)8-5-6-12-10-36-19-14(18(32)29(19)15(12)20(33)34)24-17(31)13(26-35-11-22)16-25-21(23)37-27-16/h5-6,14,19H,7-11H2,1-4H3,(H3-,23,24,25,27,31,33,34)/p+1/b6-5+,26-13-/t14-,19+/m1/s1. The lowest BCUT2D eigenvalue weighted by atomic mass is 10.0. The number of nitrogens with zero attached hydrogens (tertiary/aromatic N) is 6. The molecule has 1 fully saturated rings. The SMILES string of the molecule is CN(C)CC[N+](C)(C)C/C=C/C1=C(C(=O)O)N2C(=O)[C@@H](NC(=O)/C(=N\OCF)c3nsc(N)n3)[C@@H]2SC1. The number of oxime groups is 1. The summed E-state index contributed by atoms with van der Waals surface area (Å²) in [6.45, 7) is 1.22. The van der Waals surface area contributed by atoms with Gasteiger partial charge < -0.3 is 30.4 Å². The number of β-lactam (4-membered cyclic amide) rings is 1. The second-order valence-electron chi connectivity index (χ2n) is 9.22. The number of likely N-dealkylation sites (N-methyl/N-ethyl adjacent to an activating group) is 2.